The minimum atomic E-state index is -0.627. The van der Waals surface area contributed by atoms with Crippen LogP contribution in [0.15, 0.2) is 27.4 Å². The number of phenolic OH excluding ortho intramolecular Hbond substituents is 1. The molecule has 4 heteroatoms. The van der Waals surface area contributed by atoms with Gasteiger partial charge in [0.15, 0.2) is 11.3 Å². The molecule has 0 atom stereocenters. The Morgan fingerprint density at radius 3 is 2.86 bits per heavy atom. The second-order valence-corrected chi connectivity index (χ2v) is 3.36. The Morgan fingerprint density at radius 1 is 1.43 bits per heavy atom. The van der Waals surface area contributed by atoms with E-state index in [9.17, 15) is 9.90 Å². The van der Waals surface area contributed by atoms with E-state index < -0.39 is 5.63 Å². The zero-order valence-electron chi connectivity index (χ0n) is 7.37. The molecule has 0 saturated heterocycles. The molecule has 0 aliphatic rings. The van der Waals surface area contributed by atoms with E-state index in [4.69, 9.17) is 16.0 Å². The van der Waals surface area contributed by atoms with Gasteiger partial charge in [0.2, 0.25) is 0 Å². The molecule has 1 N–H and O–H groups in total. The molecular weight excluding hydrogens is 204 g/mol. The van der Waals surface area contributed by atoms with Crippen LogP contribution in [0.3, 0.4) is 0 Å². The average molecular weight is 211 g/mol. The molecule has 2 aromatic rings. The lowest BCUT2D eigenvalue weighted by Gasteiger charge is -2.03. The smallest absolute Gasteiger partial charge is 0.355 e. The number of rotatable bonds is 0. The number of hydrogen-bond acceptors (Lipinski definition) is 3. The van der Waals surface area contributed by atoms with E-state index in [0.29, 0.717) is 10.9 Å². The summed E-state index contributed by atoms with van der Waals surface area (Å²) >= 11 is 5.72. The highest BCUT2D eigenvalue weighted by Gasteiger charge is 2.10. The topological polar surface area (TPSA) is 50.4 Å². The van der Waals surface area contributed by atoms with Gasteiger partial charge in [-0.2, -0.15) is 0 Å². The van der Waals surface area contributed by atoms with Crippen LogP contribution < -0.4 is 5.63 Å². The van der Waals surface area contributed by atoms with Crippen LogP contribution in [0.2, 0.25) is 5.02 Å². The Morgan fingerprint density at radius 2 is 2.14 bits per heavy atom. The van der Waals surface area contributed by atoms with Crippen molar-refractivity contribution in [1.29, 1.82) is 0 Å². The lowest BCUT2D eigenvalue weighted by Crippen LogP contribution is -2.01. The van der Waals surface area contributed by atoms with Crippen LogP contribution >= 0.6 is 11.6 Å². The molecule has 3 nitrogen and oxygen atoms in total. The summed E-state index contributed by atoms with van der Waals surface area (Å²) in [4.78, 5) is 11.2. The van der Waals surface area contributed by atoms with Crippen molar-refractivity contribution in [3.05, 3.63) is 39.2 Å². The molecule has 0 radical (unpaired) electrons. The van der Waals surface area contributed by atoms with Crippen molar-refractivity contribution in [2.75, 3.05) is 0 Å². The third-order valence-electron chi connectivity index (χ3n) is 2.10. The van der Waals surface area contributed by atoms with Gasteiger partial charge in [-0.15, -0.1) is 0 Å². The fourth-order valence-electron chi connectivity index (χ4n) is 1.34. The SMILES string of the molecule is Cc1c(Cl)c(=O)oc2c(O)cccc12. The van der Waals surface area contributed by atoms with Gasteiger partial charge in [-0.05, 0) is 18.6 Å². The van der Waals surface area contributed by atoms with E-state index in [1.807, 2.05) is 0 Å². The van der Waals surface area contributed by atoms with Gasteiger partial charge < -0.3 is 9.52 Å². The number of aromatic hydroxyl groups is 1. The second-order valence-electron chi connectivity index (χ2n) is 2.98. The molecule has 0 aliphatic carbocycles. The molecule has 1 aromatic carbocycles. The van der Waals surface area contributed by atoms with Gasteiger partial charge in [0.25, 0.3) is 0 Å². The molecular formula is C10H7ClO3. The second kappa shape index (κ2) is 3.03. The summed E-state index contributed by atoms with van der Waals surface area (Å²) in [5.74, 6) is -0.0561. The van der Waals surface area contributed by atoms with Gasteiger partial charge in [-0.1, -0.05) is 23.7 Å². The number of phenols is 1. The lowest BCUT2D eigenvalue weighted by atomic mass is 10.1. The van der Waals surface area contributed by atoms with Crippen molar-refractivity contribution in [2.24, 2.45) is 0 Å². The number of para-hydroxylation sites is 1. The normalized spacial score (nSPS) is 10.7. The molecule has 0 fully saturated rings. The van der Waals surface area contributed by atoms with Gasteiger partial charge in [-0.3, -0.25) is 0 Å². The molecule has 0 amide bonds. The fraction of sp³-hybridized carbons (Fsp3) is 0.100. The van der Waals surface area contributed by atoms with E-state index >= 15 is 0 Å². The largest absolute Gasteiger partial charge is 0.504 e. The van der Waals surface area contributed by atoms with Gasteiger partial charge >= 0.3 is 5.63 Å². The van der Waals surface area contributed by atoms with E-state index in [-0.39, 0.29) is 16.4 Å². The van der Waals surface area contributed by atoms with E-state index in [0.717, 1.165) is 0 Å². The number of benzene rings is 1. The highest BCUT2D eigenvalue weighted by Crippen LogP contribution is 2.27. The molecule has 0 unspecified atom stereocenters. The minimum Gasteiger partial charge on any atom is -0.504 e. The third-order valence-corrected chi connectivity index (χ3v) is 2.54. The predicted octanol–water partition coefficient (Wildman–Crippen LogP) is 2.46. The highest BCUT2D eigenvalue weighted by molar-refractivity contribution is 6.31. The number of hydrogen-bond donors (Lipinski definition) is 1. The van der Waals surface area contributed by atoms with Crippen LogP contribution in [-0.2, 0) is 0 Å². The monoisotopic (exact) mass is 210 g/mol. The molecule has 0 spiro atoms. The van der Waals surface area contributed by atoms with E-state index in [1.54, 1.807) is 19.1 Å². The fourth-order valence-corrected chi connectivity index (χ4v) is 1.48. The van der Waals surface area contributed by atoms with Crippen molar-refractivity contribution in [2.45, 2.75) is 6.92 Å². The van der Waals surface area contributed by atoms with Crippen LogP contribution in [-0.4, -0.2) is 5.11 Å². The van der Waals surface area contributed by atoms with Crippen molar-refractivity contribution in [3.8, 4) is 5.75 Å². The van der Waals surface area contributed by atoms with Crippen LogP contribution in [0.25, 0.3) is 11.0 Å². The van der Waals surface area contributed by atoms with Gasteiger partial charge in [0.05, 0.1) is 0 Å². The molecule has 1 aromatic heterocycles. The summed E-state index contributed by atoms with van der Waals surface area (Å²) in [6.45, 7) is 1.71. The van der Waals surface area contributed by atoms with Crippen molar-refractivity contribution < 1.29 is 9.52 Å². The quantitative estimate of drug-likeness (QED) is 0.680. The van der Waals surface area contributed by atoms with Gasteiger partial charge in [0.1, 0.15) is 5.02 Å². The van der Waals surface area contributed by atoms with Crippen LogP contribution in [0.5, 0.6) is 5.75 Å². The molecule has 0 saturated carbocycles. The molecule has 0 aliphatic heterocycles. The first-order chi connectivity index (χ1) is 6.61. The van der Waals surface area contributed by atoms with Gasteiger partial charge in [0, 0.05) is 5.39 Å². The maximum absolute atomic E-state index is 11.2. The van der Waals surface area contributed by atoms with Crippen LogP contribution in [0, 0.1) is 6.92 Å². The highest BCUT2D eigenvalue weighted by atomic mass is 35.5. The zero-order valence-corrected chi connectivity index (χ0v) is 8.13. The summed E-state index contributed by atoms with van der Waals surface area (Å²) in [7, 11) is 0. The summed E-state index contributed by atoms with van der Waals surface area (Å²) in [6, 6.07) is 4.86. The first-order valence-electron chi connectivity index (χ1n) is 4.02. The van der Waals surface area contributed by atoms with E-state index in [2.05, 4.69) is 0 Å². The Kier molecular flexibility index (Phi) is 1.97. The molecule has 0 bridgehead atoms. The summed E-state index contributed by atoms with van der Waals surface area (Å²) in [5, 5.41) is 10.1. The Balaban J connectivity index is 3.06. The maximum Gasteiger partial charge on any atom is 0.355 e. The Hall–Kier alpha value is -1.48. The third kappa shape index (κ3) is 1.17. The first kappa shape index (κ1) is 9.09. The Labute approximate surface area is 84.5 Å². The zero-order chi connectivity index (χ0) is 10.3. The summed E-state index contributed by atoms with van der Waals surface area (Å²) in [5.41, 5.74) is 0.173. The first-order valence-corrected chi connectivity index (χ1v) is 4.40. The van der Waals surface area contributed by atoms with Crippen LogP contribution in [0.4, 0.5) is 0 Å². The lowest BCUT2D eigenvalue weighted by molar-refractivity contribution is 0.457. The van der Waals surface area contributed by atoms with Crippen molar-refractivity contribution in [1.82, 2.24) is 0 Å². The Bertz CT molecular complexity index is 557. The molecule has 14 heavy (non-hydrogen) atoms. The number of aryl methyl sites for hydroxylation is 1. The number of fused-ring (bicyclic) bond motifs is 1. The molecule has 2 rings (SSSR count). The molecule has 1 heterocycles. The van der Waals surface area contributed by atoms with Crippen molar-refractivity contribution in [3.63, 3.8) is 0 Å². The average Bonchev–Trinajstić information content (AvgIpc) is 2.17. The van der Waals surface area contributed by atoms with Crippen LogP contribution in [0.1, 0.15) is 5.56 Å². The summed E-state index contributed by atoms with van der Waals surface area (Å²) < 4.78 is 4.87. The van der Waals surface area contributed by atoms with Crippen molar-refractivity contribution >= 4 is 22.6 Å². The maximum atomic E-state index is 11.2. The minimum absolute atomic E-state index is 0.0561. The summed E-state index contributed by atoms with van der Waals surface area (Å²) in [6.07, 6.45) is 0. The van der Waals surface area contributed by atoms with E-state index in [1.165, 1.54) is 6.07 Å². The molecule has 72 valence electrons. The number of halogens is 1. The standard InChI is InChI=1S/C10H7ClO3/c1-5-6-3-2-4-7(12)9(6)14-10(13)8(5)11/h2-4,12H,1H3. The predicted molar refractivity (Wildman–Crippen MR) is 53.9 cm³/mol. The van der Waals surface area contributed by atoms with Gasteiger partial charge in [-0.25, -0.2) is 4.79 Å².